The molecule has 0 saturated carbocycles. The molecule has 5 atom stereocenters. The van der Waals surface area contributed by atoms with Crippen molar-refractivity contribution in [2.45, 2.75) is 39.6 Å². The van der Waals surface area contributed by atoms with Crippen molar-refractivity contribution in [1.82, 2.24) is 0 Å². The molecule has 1 aliphatic heterocycles. The van der Waals surface area contributed by atoms with Gasteiger partial charge >= 0.3 is 12.3 Å². The summed E-state index contributed by atoms with van der Waals surface area (Å²) in [5, 5.41) is 3.48. The molecule has 0 spiro atoms. The Hall–Kier alpha value is 0.452. The van der Waals surface area contributed by atoms with E-state index < -0.39 is 12.3 Å². The van der Waals surface area contributed by atoms with E-state index in [9.17, 15) is 0 Å². The molecule has 1 aliphatic rings. The van der Waals surface area contributed by atoms with E-state index in [-0.39, 0.29) is 12.4 Å². The van der Waals surface area contributed by atoms with Crippen LogP contribution in [0.3, 0.4) is 0 Å². The smallest absolute Gasteiger partial charge is 0.472 e. The van der Waals surface area contributed by atoms with Crippen molar-refractivity contribution in [3.8, 4) is 0 Å². The van der Waals surface area contributed by atoms with Gasteiger partial charge in [0.1, 0.15) is 6.29 Å². The Bertz CT molecular complexity index is 331. The molecule has 1 heterocycles. The molecule has 114 valence electrons. The van der Waals surface area contributed by atoms with Crippen molar-refractivity contribution in [3.05, 3.63) is 10.4 Å². The highest BCUT2D eigenvalue weighted by atomic mass is 127. The van der Waals surface area contributed by atoms with Gasteiger partial charge in [-0.05, 0) is 23.8 Å². The van der Waals surface area contributed by atoms with E-state index in [1.807, 2.05) is 0 Å². The van der Waals surface area contributed by atoms with Gasteiger partial charge in [-0.15, -0.1) is 0 Å². The molecule has 0 aromatic rings. The summed E-state index contributed by atoms with van der Waals surface area (Å²) in [4.78, 5) is 2.72. The number of halogens is 1. The lowest BCUT2D eigenvalue weighted by Gasteiger charge is -2.43. The first-order valence-corrected chi connectivity index (χ1v) is 12.7. The summed E-state index contributed by atoms with van der Waals surface area (Å²) >= 11 is 1.83. The molecule has 0 radical (unpaired) electrons. The maximum atomic E-state index is 8.18. The van der Waals surface area contributed by atoms with Crippen LogP contribution < -0.4 is 0 Å². The van der Waals surface area contributed by atoms with Crippen molar-refractivity contribution >= 4 is 32.5 Å². The van der Waals surface area contributed by atoms with Crippen molar-refractivity contribution in [2.75, 3.05) is 19.8 Å². The minimum Gasteiger partial charge on any atom is -0.472 e. The number of azide groups is 1. The summed E-state index contributed by atoms with van der Waals surface area (Å²) in [6, 6.07) is 0. The first-order chi connectivity index (χ1) is 9.61. The average molecular weight is 411 g/mol. The quantitative estimate of drug-likeness (QED) is 0.154. The third kappa shape index (κ3) is 5.68. The third-order valence-corrected chi connectivity index (χ3v) is 5.64. The Balaban J connectivity index is 2.37. The van der Waals surface area contributed by atoms with E-state index in [1.54, 1.807) is 0 Å². The second-order valence-electron chi connectivity index (χ2n) is 5.28. The first kappa shape index (κ1) is 18.5. The fourth-order valence-electron chi connectivity index (χ4n) is 2.41. The third-order valence-electron chi connectivity index (χ3n) is 4.10. The van der Waals surface area contributed by atoms with Gasteiger partial charge in [0.25, 0.3) is 0 Å². The van der Waals surface area contributed by atoms with Crippen LogP contribution in [-0.2, 0) is 13.3 Å². The minimum atomic E-state index is -0.500. The molecule has 0 N–H and O–H groups in total. The molecule has 0 bridgehead atoms. The lowest BCUT2D eigenvalue weighted by molar-refractivity contribution is -0.222. The van der Waals surface area contributed by atoms with Gasteiger partial charge in [-0.3, -0.25) is 0 Å². The molecule has 20 heavy (non-hydrogen) atoms. The summed E-state index contributed by atoms with van der Waals surface area (Å²) in [5.41, 5.74) is 8.18. The van der Waals surface area contributed by atoms with Crippen molar-refractivity contribution in [2.24, 2.45) is 22.9 Å². The zero-order valence-corrected chi connectivity index (χ0v) is 15.9. The number of ether oxygens (including phenoxy) is 2. The van der Waals surface area contributed by atoms with Crippen LogP contribution in [-0.4, -0.2) is 44.4 Å². The van der Waals surface area contributed by atoms with Gasteiger partial charge in [0.2, 0.25) is 0 Å². The van der Waals surface area contributed by atoms with Crippen LogP contribution in [0.4, 0.5) is 0 Å². The highest BCUT2D eigenvalue weighted by Crippen LogP contribution is 2.35. The van der Waals surface area contributed by atoms with Crippen LogP contribution in [0, 0.1) is 17.8 Å². The zero-order valence-electron chi connectivity index (χ0n) is 12.4. The van der Waals surface area contributed by atoms with Crippen molar-refractivity contribution < 1.29 is 13.3 Å². The highest BCUT2D eigenvalue weighted by molar-refractivity contribution is 14.1. The van der Waals surface area contributed by atoms with Crippen molar-refractivity contribution in [3.63, 3.8) is 0 Å². The van der Waals surface area contributed by atoms with Gasteiger partial charge in [0, 0.05) is 24.0 Å². The van der Waals surface area contributed by atoms with E-state index in [2.05, 4.69) is 51.1 Å². The normalized spacial score (nSPS) is 33.5. The van der Waals surface area contributed by atoms with E-state index in [0.717, 1.165) is 6.42 Å². The topological polar surface area (TPSA) is 76.5 Å². The predicted octanol–water partition coefficient (Wildman–Crippen LogP) is 3.05. The number of rotatable bonds is 8. The van der Waals surface area contributed by atoms with Crippen LogP contribution >= 0.6 is 20.3 Å². The van der Waals surface area contributed by atoms with Gasteiger partial charge < -0.3 is 13.3 Å². The maximum absolute atomic E-state index is 8.18. The van der Waals surface area contributed by atoms with Gasteiger partial charge in [-0.25, -0.2) is 0 Å². The Kier molecular flexibility index (Phi) is 9.46. The van der Waals surface area contributed by atoms with E-state index in [4.69, 9.17) is 18.8 Å². The van der Waals surface area contributed by atoms with Crippen LogP contribution in [0.5, 0.6) is 0 Å². The van der Waals surface area contributed by atoms with Gasteiger partial charge in [0.05, 0.1) is 12.7 Å². The van der Waals surface area contributed by atoms with Gasteiger partial charge in [0.15, 0.2) is 0 Å². The fraction of sp³-hybridized carbons (Fsp3) is 1.00. The molecule has 0 aromatic carbocycles. The molecular formula is C12H23AlIN3O3. The molecule has 0 aliphatic carbocycles. The molecular weight excluding hydrogens is 388 g/mol. The highest BCUT2D eigenvalue weighted by Gasteiger charge is 2.39. The second-order valence-corrected chi connectivity index (χ2v) is 7.70. The van der Waals surface area contributed by atoms with E-state index in [0.29, 0.717) is 37.5 Å². The van der Waals surface area contributed by atoms with Crippen LogP contribution in [0.1, 0.15) is 27.2 Å². The average Bonchev–Trinajstić information content (AvgIpc) is 2.45. The summed E-state index contributed by atoms with van der Waals surface area (Å²) in [5.74, 6) is 1.44. The van der Waals surface area contributed by atoms with Gasteiger partial charge in [-0.2, -0.15) is 20.3 Å². The predicted molar refractivity (Wildman–Crippen MR) is 87.9 cm³/mol. The molecule has 1 saturated heterocycles. The summed E-state index contributed by atoms with van der Waals surface area (Å²) < 4.78 is 17.5. The Labute approximate surface area is 138 Å². The second kappa shape index (κ2) is 10.2. The Morgan fingerprint density at radius 3 is 2.70 bits per heavy atom. The molecule has 0 aromatic heterocycles. The fourth-order valence-corrected chi connectivity index (χ4v) is 3.98. The molecule has 2 unspecified atom stereocenters. The largest absolute Gasteiger partial charge is 0.527 e. The monoisotopic (exact) mass is 411 g/mol. The first-order valence-electron chi connectivity index (χ1n) is 7.03. The number of hydrogen-bond acceptors (Lipinski definition) is 4. The van der Waals surface area contributed by atoms with Crippen LogP contribution in [0.2, 0.25) is 0 Å². The van der Waals surface area contributed by atoms with E-state index in [1.165, 1.54) is 0 Å². The Morgan fingerprint density at radius 2 is 2.05 bits per heavy atom. The Morgan fingerprint density at radius 1 is 1.30 bits per heavy atom. The molecule has 8 heteroatoms. The number of nitrogens with zero attached hydrogens (tertiary/aromatic N) is 3. The van der Waals surface area contributed by atoms with Crippen LogP contribution in [0.25, 0.3) is 10.4 Å². The SMILES string of the molecule is CC1[C@@H]([O][AlH][I])OC(COCCCN=[N+]=[N-])[C@H](C)[C@@H]1C. The van der Waals surface area contributed by atoms with Crippen molar-refractivity contribution in [1.29, 1.82) is 0 Å². The van der Waals surface area contributed by atoms with Crippen LogP contribution in [0.15, 0.2) is 5.11 Å². The summed E-state index contributed by atoms with van der Waals surface area (Å²) in [6.45, 7) is 8.34. The zero-order chi connectivity index (χ0) is 15.0. The minimum absolute atomic E-state index is 0.0819. The standard InChI is InChI=1S/C12H22N3O3.Al.HI.H/c1-8-9(2)11(18-12(16)10(8)3)7-17-6-4-5-14-15-13;;;/h8-12H,4-7H2,1-3H3;;1H;/q-1;+2;;/p-1/t8-,9+,10?,11?,12-;;;/m0.../s1. The summed E-state index contributed by atoms with van der Waals surface area (Å²) in [6.07, 6.45) is 0.752. The maximum Gasteiger partial charge on any atom is 0.527 e. The number of hydrogen-bond donors (Lipinski definition) is 0. The molecule has 0 amide bonds. The molecule has 1 fully saturated rings. The lowest BCUT2D eigenvalue weighted by atomic mass is 9.79. The van der Waals surface area contributed by atoms with Gasteiger partial charge in [-0.1, -0.05) is 25.9 Å². The van der Waals surface area contributed by atoms with E-state index >= 15 is 0 Å². The summed E-state index contributed by atoms with van der Waals surface area (Å²) in [7, 11) is 0. The lowest BCUT2D eigenvalue weighted by Crippen LogP contribution is -2.47. The molecule has 1 rings (SSSR count). The molecule has 6 nitrogen and oxygen atoms in total.